The van der Waals surface area contributed by atoms with Gasteiger partial charge in [-0.3, -0.25) is 0 Å². The summed E-state index contributed by atoms with van der Waals surface area (Å²) in [4.78, 5) is 0. The van der Waals surface area contributed by atoms with Crippen LogP contribution in [0.5, 0.6) is 11.5 Å². The van der Waals surface area contributed by atoms with E-state index < -0.39 is 0 Å². The molecule has 1 aliphatic rings. The number of hydrogen-bond donors (Lipinski definition) is 1. The molecule has 6 heteroatoms. The second-order valence-corrected chi connectivity index (χ2v) is 8.37. The summed E-state index contributed by atoms with van der Waals surface area (Å²) in [6.07, 6.45) is 2.01. The van der Waals surface area contributed by atoms with Gasteiger partial charge in [0.15, 0.2) is 11.5 Å². The average molecular weight is 469 g/mol. The molecule has 1 aliphatic heterocycles. The van der Waals surface area contributed by atoms with E-state index in [1.54, 1.807) is 7.11 Å². The van der Waals surface area contributed by atoms with Gasteiger partial charge < -0.3 is 19.5 Å². The molecule has 1 heterocycles. The highest BCUT2D eigenvalue weighted by Gasteiger charge is 2.34. The van der Waals surface area contributed by atoms with Gasteiger partial charge in [-0.15, -0.1) is 0 Å². The van der Waals surface area contributed by atoms with Crippen LogP contribution in [0, 0.1) is 0 Å². The molecular weight excluding hydrogens is 442 g/mol. The molecule has 1 saturated heterocycles. The highest BCUT2D eigenvalue weighted by atomic mass is 79.9. The number of ether oxygens (including phenoxy) is 3. The lowest BCUT2D eigenvalue weighted by Crippen LogP contribution is -2.42. The molecule has 2 aromatic carbocycles. The number of rotatable bonds is 8. The lowest BCUT2D eigenvalue weighted by molar-refractivity contribution is 0.0497. The number of methoxy groups -OCH3 is 1. The smallest absolute Gasteiger partial charge is 0.179 e. The molecule has 152 valence electrons. The molecule has 0 bridgehead atoms. The molecule has 3 rings (SSSR count). The first-order valence-electron chi connectivity index (χ1n) is 9.61. The summed E-state index contributed by atoms with van der Waals surface area (Å²) in [5.41, 5.74) is 2.49. The van der Waals surface area contributed by atoms with Crippen molar-refractivity contribution in [3.05, 3.63) is 57.0 Å². The van der Waals surface area contributed by atoms with E-state index in [0.29, 0.717) is 29.7 Å². The molecule has 28 heavy (non-hydrogen) atoms. The van der Waals surface area contributed by atoms with Gasteiger partial charge in [0.2, 0.25) is 0 Å². The van der Waals surface area contributed by atoms with Crippen molar-refractivity contribution >= 4 is 27.5 Å². The Hall–Kier alpha value is -1.27. The van der Waals surface area contributed by atoms with Gasteiger partial charge in [-0.25, -0.2) is 0 Å². The zero-order valence-corrected chi connectivity index (χ0v) is 18.7. The standard InChI is InChI=1S/C22H27BrClNO3/c1-3-28-20-12-16(11-19(24)21(20)26-2)14-25-15-22(7-9-27-10-8-22)17-5-4-6-18(23)13-17/h4-6,11-13,25H,3,7-10,14-15H2,1-2H3. The molecule has 0 aliphatic carbocycles. The second kappa shape index (κ2) is 9.97. The predicted octanol–water partition coefficient (Wildman–Crippen LogP) is 5.35. The monoisotopic (exact) mass is 467 g/mol. The molecule has 1 fully saturated rings. The van der Waals surface area contributed by atoms with Crippen LogP contribution in [0.25, 0.3) is 0 Å². The number of hydrogen-bond acceptors (Lipinski definition) is 4. The lowest BCUT2D eigenvalue weighted by atomic mass is 9.74. The summed E-state index contributed by atoms with van der Waals surface area (Å²) in [5, 5.41) is 4.21. The van der Waals surface area contributed by atoms with Crippen LogP contribution in [0.2, 0.25) is 5.02 Å². The van der Waals surface area contributed by atoms with Crippen LogP contribution in [0.3, 0.4) is 0 Å². The van der Waals surface area contributed by atoms with Gasteiger partial charge in [-0.05, 0) is 55.2 Å². The molecule has 0 atom stereocenters. The molecule has 0 saturated carbocycles. The van der Waals surface area contributed by atoms with Crippen molar-refractivity contribution in [2.45, 2.75) is 31.7 Å². The first kappa shape index (κ1) is 21.4. The summed E-state index contributed by atoms with van der Waals surface area (Å²) in [7, 11) is 1.61. The zero-order chi connectivity index (χ0) is 20.0. The Morgan fingerprint density at radius 3 is 2.68 bits per heavy atom. The van der Waals surface area contributed by atoms with Crippen LogP contribution in [-0.4, -0.2) is 33.5 Å². The maximum atomic E-state index is 6.38. The highest BCUT2D eigenvalue weighted by Crippen LogP contribution is 2.37. The van der Waals surface area contributed by atoms with E-state index in [1.807, 2.05) is 19.1 Å². The third-order valence-electron chi connectivity index (χ3n) is 5.25. The minimum Gasteiger partial charge on any atom is -0.491 e. The number of halogens is 2. The quantitative estimate of drug-likeness (QED) is 0.567. The van der Waals surface area contributed by atoms with Crippen LogP contribution < -0.4 is 14.8 Å². The summed E-state index contributed by atoms with van der Waals surface area (Å²) in [6.45, 7) is 5.68. The minimum atomic E-state index is 0.0705. The third kappa shape index (κ3) is 5.01. The fourth-order valence-electron chi connectivity index (χ4n) is 3.78. The molecule has 0 radical (unpaired) electrons. The van der Waals surface area contributed by atoms with E-state index in [4.69, 9.17) is 25.8 Å². The van der Waals surface area contributed by atoms with Crippen LogP contribution >= 0.6 is 27.5 Å². The Kier molecular flexibility index (Phi) is 7.63. The fraction of sp³-hybridized carbons (Fsp3) is 0.455. The van der Waals surface area contributed by atoms with Crippen molar-refractivity contribution < 1.29 is 14.2 Å². The number of benzene rings is 2. The van der Waals surface area contributed by atoms with Gasteiger partial charge in [0, 0.05) is 36.2 Å². The highest BCUT2D eigenvalue weighted by molar-refractivity contribution is 9.10. The first-order valence-corrected chi connectivity index (χ1v) is 10.8. The van der Waals surface area contributed by atoms with Crippen molar-refractivity contribution in [1.82, 2.24) is 5.32 Å². The van der Waals surface area contributed by atoms with E-state index in [2.05, 4.69) is 45.5 Å². The Labute approximate surface area is 180 Å². The summed E-state index contributed by atoms with van der Waals surface area (Å²) < 4.78 is 17.8. The van der Waals surface area contributed by atoms with Crippen molar-refractivity contribution in [3.63, 3.8) is 0 Å². The SMILES string of the molecule is CCOc1cc(CNCC2(c3cccc(Br)c3)CCOCC2)cc(Cl)c1OC. The lowest BCUT2D eigenvalue weighted by Gasteiger charge is -2.38. The van der Waals surface area contributed by atoms with E-state index >= 15 is 0 Å². The Morgan fingerprint density at radius 1 is 1.21 bits per heavy atom. The molecule has 0 aromatic heterocycles. The van der Waals surface area contributed by atoms with Gasteiger partial charge in [0.05, 0.1) is 18.7 Å². The maximum absolute atomic E-state index is 6.38. The van der Waals surface area contributed by atoms with Gasteiger partial charge in [0.25, 0.3) is 0 Å². The molecule has 0 spiro atoms. The minimum absolute atomic E-state index is 0.0705. The average Bonchev–Trinajstić information content (AvgIpc) is 2.69. The Bertz CT molecular complexity index is 793. The molecule has 2 aromatic rings. The van der Waals surface area contributed by atoms with Crippen LogP contribution in [0.15, 0.2) is 40.9 Å². The second-order valence-electron chi connectivity index (χ2n) is 7.05. The van der Waals surface area contributed by atoms with Gasteiger partial charge >= 0.3 is 0 Å². The first-order chi connectivity index (χ1) is 13.6. The predicted molar refractivity (Wildman–Crippen MR) is 117 cm³/mol. The number of nitrogens with one attached hydrogen (secondary N) is 1. The Morgan fingerprint density at radius 2 is 2.00 bits per heavy atom. The summed E-state index contributed by atoms with van der Waals surface area (Å²) in [5.74, 6) is 1.27. The van der Waals surface area contributed by atoms with Crippen molar-refractivity contribution in [3.8, 4) is 11.5 Å². The normalized spacial score (nSPS) is 16.0. The molecule has 4 nitrogen and oxygen atoms in total. The summed E-state index contributed by atoms with van der Waals surface area (Å²) >= 11 is 9.99. The van der Waals surface area contributed by atoms with Crippen molar-refractivity contribution in [1.29, 1.82) is 0 Å². The van der Waals surface area contributed by atoms with Crippen molar-refractivity contribution in [2.75, 3.05) is 33.5 Å². The van der Waals surface area contributed by atoms with Crippen LogP contribution in [0.4, 0.5) is 0 Å². The van der Waals surface area contributed by atoms with Gasteiger partial charge in [-0.1, -0.05) is 39.7 Å². The van der Waals surface area contributed by atoms with Gasteiger partial charge in [-0.2, -0.15) is 0 Å². The topological polar surface area (TPSA) is 39.7 Å². The molecule has 0 unspecified atom stereocenters. The van der Waals surface area contributed by atoms with E-state index in [-0.39, 0.29) is 5.41 Å². The van der Waals surface area contributed by atoms with Crippen LogP contribution in [-0.2, 0) is 16.7 Å². The van der Waals surface area contributed by atoms with E-state index in [1.165, 1.54) is 5.56 Å². The third-order valence-corrected chi connectivity index (χ3v) is 6.03. The van der Waals surface area contributed by atoms with Gasteiger partial charge in [0.1, 0.15) is 0 Å². The van der Waals surface area contributed by atoms with E-state index in [0.717, 1.165) is 42.6 Å². The maximum Gasteiger partial charge on any atom is 0.179 e. The molecular formula is C22H27BrClNO3. The van der Waals surface area contributed by atoms with Crippen molar-refractivity contribution in [2.24, 2.45) is 0 Å². The summed E-state index contributed by atoms with van der Waals surface area (Å²) in [6, 6.07) is 12.6. The Balaban J connectivity index is 1.74. The van der Waals surface area contributed by atoms with Crippen LogP contribution in [0.1, 0.15) is 30.9 Å². The molecule has 1 N–H and O–H groups in total. The zero-order valence-electron chi connectivity index (χ0n) is 16.4. The van der Waals surface area contributed by atoms with E-state index in [9.17, 15) is 0 Å². The fourth-order valence-corrected chi connectivity index (χ4v) is 4.49. The molecule has 0 amide bonds. The largest absolute Gasteiger partial charge is 0.491 e.